The first-order chi connectivity index (χ1) is 8.83. The third kappa shape index (κ3) is 45.4. The van der Waals surface area contributed by atoms with Crippen LogP contribution in [0.3, 0.4) is 0 Å². The van der Waals surface area contributed by atoms with Gasteiger partial charge in [0.25, 0.3) is 0 Å². The van der Waals surface area contributed by atoms with Crippen molar-refractivity contribution in [1.29, 1.82) is 0 Å². The van der Waals surface area contributed by atoms with E-state index in [1.165, 1.54) is 0 Å². The molecule has 0 aliphatic rings. The zero-order chi connectivity index (χ0) is 16.4. The number of rotatable bonds is 8. The summed E-state index contributed by atoms with van der Waals surface area (Å²) in [6, 6.07) is 0. The smallest absolute Gasteiger partial charge is 0.339 e. The van der Waals surface area contributed by atoms with Crippen LogP contribution in [0.25, 0.3) is 0 Å². The molecule has 0 fully saturated rings. The van der Waals surface area contributed by atoms with Crippen molar-refractivity contribution in [2.75, 3.05) is 25.7 Å². The molecule has 0 rings (SSSR count). The van der Waals surface area contributed by atoms with Gasteiger partial charge >= 0.3 is 27.1 Å². The summed E-state index contributed by atoms with van der Waals surface area (Å²) in [5, 5.41) is 20.1. The van der Waals surface area contributed by atoms with Crippen molar-refractivity contribution in [3.05, 3.63) is 0 Å². The summed E-state index contributed by atoms with van der Waals surface area (Å²) >= 11 is 0. The van der Waals surface area contributed by atoms with E-state index in [0.717, 1.165) is 0 Å². The molecule has 0 amide bonds. The van der Waals surface area contributed by atoms with E-state index in [-0.39, 0.29) is 88.7 Å². The first kappa shape index (κ1) is 36.1. The van der Waals surface area contributed by atoms with Gasteiger partial charge < -0.3 is 29.8 Å². The van der Waals surface area contributed by atoms with Crippen LogP contribution in [0.1, 0.15) is 0 Å². The van der Waals surface area contributed by atoms with Crippen molar-refractivity contribution in [1.82, 2.24) is 10.6 Å². The van der Waals surface area contributed by atoms with Gasteiger partial charge in [-0.25, -0.2) is 0 Å². The Bertz CT molecular complexity index is 375. The minimum Gasteiger partial charge on any atom is -0.480 e. The Morgan fingerprint density at radius 3 is 1.04 bits per heavy atom. The zero-order valence-corrected chi connectivity index (χ0v) is 20.8. The van der Waals surface area contributed by atoms with Gasteiger partial charge in [-0.15, -0.1) is 0 Å². The van der Waals surface area contributed by atoms with Gasteiger partial charge in [-0.3, -0.25) is 29.4 Å². The van der Waals surface area contributed by atoms with Crippen LogP contribution in [0.4, 0.5) is 0 Å². The van der Waals surface area contributed by atoms with Crippen LogP contribution in [-0.2, 0) is 18.7 Å². The molecule has 12 nitrogen and oxygen atoms in total. The second-order valence-electron chi connectivity index (χ2n) is 3.29. The number of hydrogen-bond donors (Lipinski definition) is 8. The standard InChI is InChI=1S/2C3H8NO5P.3Na/c2*5-3(6)1-4-2-10(7,8)9;;;/h2*4H,1-2H2,(H,5,6)(H2,7,8,9);;;. The van der Waals surface area contributed by atoms with E-state index in [2.05, 4.69) is 10.6 Å². The Hall–Kier alpha value is 2.16. The van der Waals surface area contributed by atoms with E-state index >= 15 is 0 Å². The summed E-state index contributed by atoms with van der Waals surface area (Å²) in [6.45, 7) is -0.879. The summed E-state index contributed by atoms with van der Waals surface area (Å²) in [4.78, 5) is 52.3. The predicted molar refractivity (Wildman–Crippen MR) is 82.4 cm³/mol. The second kappa shape index (κ2) is 18.9. The molecule has 0 saturated carbocycles. The van der Waals surface area contributed by atoms with Crippen LogP contribution < -0.4 is 10.6 Å². The minimum atomic E-state index is -4.10. The fourth-order valence-corrected chi connectivity index (χ4v) is 1.42. The van der Waals surface area contributed by atoms with Crippen molar-refractivity contribution in [2.45, 2.75) is 0 Å². The number of aliphatic carboxylic acids is 2. The van der Waals surface area contributed by atoms with Gasteiger partial charge in [0.1, 0.15) is 0 Å². The maximum atomic E-state index is 10.1. The van der Waals surface area contributed by atoms with Crippen LogP contribution in [-0.4, -0.2) is 156 Å². The molecule has 0 aliphatic carbocycles. The summed E-state index contributed by atoms with van der Waals surface area (Å²) in [6.07, 6.45) is -1.20. The van der Waals surface area contributed by atoms with Crippen molar-refractivity contribution < 1.29 is 48.5 Å². The van der Waals surface area contributed by atoms with Crippen molar-refractivity contribution >= 4 is 116 Å². The fourth-order valence-electron chi connectivity index (χ4n) is 0.617. The molecule has 123 valence electrons. The van der Waals surface area contributed by atoms with Crippen LogP contribution >= 0.6 is 15.2 Å². The molecule has 0 saturated heterocycles. The number of hydrogen-bond acceptors (Lipinski definition) is 6. The molecule has 0 aromatic rings. The molecule has 17 heteroatoms. The van der Waals surface area contributed by atoms with Gasteiger partial charge in [0.2, 0.25) is 0 Å². The molecule has 0 aliphatic heterocycles. The van der Waals surface area contributed by atoms with E-state index in [9.17, 15) is 18.7 Å². The maximum absolute atomic E-state index is 10.1. The number of carbonyl (C=O) groups is 2. The second-order valence-corrected chi connectivity index (χ2v) is 6.58. The quantitative estimate of drug-likeness (QED) is 0.145. The molecule has 0 bridgehead atoms. The average Bonchev–Trinajstić information content (AvgIpc) is 2.12. The summed E-state index contributed by atoms with van der Waals surface area (Å²) < 4.78 is 20.1. The van der Waals surface area contributed by atoms with Gasteiger partial charge in [-0.1, -0.05) is 0 Å². The Morgan fingerprint density at radius 2 is 0.913 bits per heavy atom. The van der Waals surface area contributed by atoms with Crippen LogP contribution in [0, 0.1) is 0 Å². The molecule has 8 N–H and O–H groups in total. The fraction of sp³-hybridized carbons (Fsp3) is 0.667. The summed E-state index contributed by atoms with van der Waals surface area (Å²) in [5.74, 6) is -2.29. The largest absolute Gasteiger partial charge is 0.480 e. The topological polar surface area (TPSA) is 214 Å². The van der Waals surface area contributed by atoms with E-state index in [0.29, 0.717) is 0 Å². The van der Waals surface area contributed by atoms with Gasteiger partial charge in [-0.05, 0) is 0 Å². The SMILES string of the molecule is O=C(O)CNCP(=O)(O)O.O=C(O)CNCP(=O)(O)O.[Na].[Na].[Na]. The molecular weight excluding hydrogens is 391 g/mol. The van der Waals surface area contributed by atoms with Crippen molar-refractivity contribution in [3.8, 4) is 0 Å². The molecule has 0 aromatic carbocycles. The molecule has 0 aromatic heterocycles. The van der Waals surface area contributed by atoms with Gasteiger partial charge in [0, 0.05) is 88.7 Å². The monoisotopic (exact) mass is 407 g/mol. The Labute approximate surface area is 198 Å². The Balaban J connectivity index is -0.0000000831. The van der Waals surface area contributed by atoms with Crippen molar-refractivity contribution in [3.63, 3.8) is 0 Å². The predicted octanol–water partition coefficient (Wildman–Crippen LogP) is -3.55. The van der Waals surface area contributed by atoms with Crippen LogP contribution in [0.15, 0.2) is 0 Å². The third-order valence-corrected chi connectivity index (χ3v) is 2.46. The van der Waals surface area contributed by atoms with Gasteiger partial charge in [0.15, 0.2) is 0 Å². The molecule has 0 spiro atoms. The molecule has 0 atom stereocenters. The summed E-state index contributed by atoms with van der Waals surface area (Å²) in [7, 11) is -8.19. The first-order valence-corrected chi connectivity index (χ1v) is 8.37. The summed E-state index contributed by atoms with van der Waals surface area (Å²) in [5.41, 5.74) is 0. The molecular formula is C6H16N2Na3O10P2. The maximum Gasteiger partial charge on any atom is 0.339 e. The average molecular weight is 407 g/mol. The van der Waals surface area contributed by atoms with Gasteiger partial charge in [0.05, 0.1) is 25.7 Å². The van der Waals surface area contributed by atoms with E-state index in [1.807, 2.05) is 0 Å². The first-order valence-electron chi connectivity index (χ1n) is 4.77. The van der Waals surface area contributed by atoms with E-state index in [4.69, 9.17) is 29.8 Å². The van der Waals surface area contributed by atoms with E-state index in [1.54, 1.807) is 0 Å². The molecule has 0 heterocycles. The van der Waals surface area contributed by atoms with Crippen LogP contribution in [0.5, 0.6) is 0 Å². The number of carboxylic acid groups (broad SMARTS) is 2. The van der Waals surface area contributed by atoms with Crippen molar-refractivity contribution in [2.24, 2.45) is 0 Å². The third-order valence-electron chi connectivity index (χ3n) is 1.19. The Morgan fingerprint density at radius 1 is 0.696 bits per heavy atom. The number of nitrogens with one attached hydrogen (secondary N) is 2. The van der Waals surface area contributed by atoms with Gasteiger partial charge in [-0.2, -0.15) is 0 Å². The zero-order valence-electron chi connectivity index (χ0n) is 13.0. The number of carboxylic acids is 2. The molecule has 23 heavy (non-hydrogen) atoms. The van der Waals surface area contributed by atoms with E-state index < -0.39 is 52.8 Å². The molecule has 0 unspecified atom stereocenters. The minimum absolute atomic E-state index is 0. The normalized spacial score (nSPS) is 9.91. The Kier molecular flexibility index (Phi) is 29.8. The molecule has 3 radical (unpaired) electrons. The van der Waals surface area contributed by atoms with Crippen LogP contribution in [0.2, 0.25) is 0 Å².